The second-order valence-electron chi connectivity index (χ2n) is 4.93. The lowest BCUT2D eigenvalue weighted by atomic mass is 10.00. The normalized spacial score (nSPS) is 15.7. The third-order valence-electron chi connectivity index (χ3n) is 2.83. The van der Waals surface area contributed by atoms with Crippen molar-refractivity contribution in [2.45, 2.75) is 33.1 Å². The van der Waals surface area contributed by atoms with Crippen LogP contribution >= 0.6 is 0 Å². The molecule has 0 amide bonds. The van der Waals surface area contributed by atoms with Crippen molar-refractivity contribution in [1.29, 1.82) is 0 Å². The summed E-state index contributed by atoms with van der Waals surface area (Å²) in [4.78, 5) is 11.7. The molecule has 0 saturated heterocycles. The molecule has 1 heteroatoms. The van der Waals surface area contributed by atoms with Crippen molar-refractivity contribution < 1.29 is 4.79 Å². The van der Waals surface area contributed by atoms with Gasteiger partial charge in [-0.1, -0.05) is 38.1 Å². The predicted molar refractivity (Wildman–Crippen MR) is 62.0 cm³/mol. The van der Waals surface area contributed by atoms with E-state index in [4.69, 9.17) is 0 Å². The monoisotopic (exact) mass is 202 g/mol. The first kappa shape index (κ1) is 10.4. The summed E-state index contributed by atoms with van der Waals surface area (Å²) < 4.78 is 0. The summed E-state index contributed by atoms with van der Waals surface area (Å²) in [5.41, 5.74) is 2.22. The highest BCUT2D eigenvalue weighted by Gasteiger charge is 2.30. The molecule has 0 heterocycles. The number of carbonyl (C=O) groups excluding carboxylic acids is 1. The van der Waals surface area contributed by atoms with Gasteiger partial charge >= 0.3 is 0 Å². The molecule has 0 N–H and O–H groups in total. The summed E-state index contributed by atoms with van der Waals surface area (Å²) >= 11 is 0. The molecule has 1 fully saturated rings. The summed E-state index contributed by atoms with van der Waals surface area (Å²) in [5, 5.41) is 0. The van der Waals surface area contributed by atoms with Gasteiger partial charge in [0.15, 0.2) is 5.78 Å². The fourth-order valence-electron chi connectivity index (χ4n) is 1.86. The minimum atomic E-state index is 0.334. The van der Waals surface area contributed by atoms with Crippen molar-refractivity contribution >= 4 is 5.78 Å². The van der Waals surface area contributed by atoms with E-state index in [9.17, 15) is 4.79 Å². The summed E-state index contributed by atoms with van der Waals surface area (Å²) in [6, 6.07) is 8.15. The number of Topliss-reactive ketones (excluding diaryl/α,β-unsaturated/α-hetero) is 1. The van der Waals surface area contributed by atoms with Crippen LogP contribution in [0.2, 0.25) is 0 Å². The summed E-state index contributed by atoms with van der Waals surface area (Å²) in [6.45, 7) is 4.42. The van der Waals surface area contributed by atoms with Crippen LogP contribution in [0.15, 0.2) is 24.3 Å². The molecule has 1 aliphatic carbocycles. The van der Waals surface area contributed by atoms with E-state index in [0.717, 1.165) is 24.8 Å². The number of hydrogen-bond acceptors (Lipinski definition) is 1. The predicted octanol–water partition coefficient (Wildman–Crippen LogP) is 3.48. The summed E-state index contributed by atoms with van der Waals surface area (Å²) in [5.74, 6) is 1.35. The van der Waals surface area contributed by atoms with Crippen molar-refractivity contribution in [3.8, 4) is 0 Å². The zero-order valence-electron chi connectivity index (χ0n) is 9.49. The van der Waals surface area contributed by atoms with Crippen LogP contribution in [0.5, 0.6) is 0 Å². The van der Waals surface area contributed by atoms with Crippen LogP contribution in [-0.4, -0.2) is 5.78 Å². The van der Waals surface area contributed by atoms with Gasteiger partial charge in [0.1, 0.15) is 0 Å². The molecule has 1 aromatic rings. The first-order chi connectivity index (χ1) is 7.16. The van der Waals surface area contributed by atoms with Gasteiger partial charge in [0.2, 0.25) is 0 Å². The van der Waals surface area contributed by atoms with Gasteiger partial charge in [0, 0.05) is 11.5 Å². The van der Waals surface area contributed by atoms with E-state index < -0.39 is 0 Å². The van der Waals surface area contributed by atoms with Gasteiger partial charge in [-0.25, -0.2) is 0 Å². The molecular formula is C14H18O. The van der Waals surface area contributed by atoms with Crippen molar-refractivity contribution in [2.75, 3.05) is 0 Å². The van der Waals surface area contributed by atoms with Gasteiger partial charge in [0.05, 0.1) is 0 Å². The smallest absolute Gasteiger partial charge is 0.165 e. The average molecular weight is 202 g/mol. The lowest BCUT2D eigenvalue weighted by Gasteiger charge is -2.05. The maximum Gasteiger partial charge on any atom is 0.165 e. The zero-order valence-corrected chi connectivity index (χ0v) is 9.49. The van der Waals surface area contributed by atoms with E-state index in [2.05, 4.69) is 26.0 Å². The molecule has 1 nitrogen and oxygen atoms in total. The van der Waals surface area contributed by atoms with Crippen LogP contribution < -0.4 is 0 Å². The van der Waals surface area contributed by atoms with Crippen LogP contribution in [0, 0.1) is 11.8 Å². The number of benzene rings is 1. The summed E-state index contributed by atoms with van der Waals surface area (Å²) in [6.07, 6.45) is 3.27. The standard InChI is InChI=1S/C14H18O/c1-10(2)9-11-3-5-12(6-4-11)14(15)13-7-8-13/h3-6,10,13H,7-9H2,1-2H3. The van der Waals surface area contributed by atoms with E-state index in [1.807, 2.05) is 12.1 Å². The summed E-state index contributed by atoms with van der Waals surface area (Å²) in [7, 11) is 0. The van der Waals surface area contributed by atoms with Crippen LogP contribution in [0.25, 0.3) is 0 Å². The van der Waals surface area contributed by atoms with Gasteiger partial charge in [-0.15, -0.1) is 0 Å². The van der Waals surface area contributed by atoms with Gasteiger partial charge in [-0.2, -0.15) is 0 Å². The molecule has 2 rings (SSSR count). The van der Waals surface area contributed by atoms with Gasteiger partial charge < -0.3 is 0 Å². The van der Waals surface area contributed by atoms with Gasteiger partial charge in [-0.05, 0) is 30.7 Å². The Labute approximate surface area is 91.5 Å². The third kappa shape index (κ3) is 2.68. The lowest BCUT2D eigenvalue weighted by molar-refractivity contribution is 0.0967. The molecular weight excluding hydrogens is 184 g/mol. The first-order valence-electron chi connectivity index (χ1n) is 5.80. The van der Waals surface area contributed by atoms with Gasteiger partial charge in [-0.3, -0.25) is 4.79 Å². The van der Waals surface area contributed by atoms with Crippen LogP contribution in [-0.2, 0) is 6.42 Å². The van der Waals surface area contributed by atoms with Crippen LogP contribution in [0.1, 0.15) is 42.6 Å². The Bertz CT molecular complexity index is 344. The zero-order chi connectivity index (χ0) is 10.8. The second kappa shape index (κ2) is 4.18. The molecule has 1 saturated carbocycles. The molecule has 0 radical (unpaired) electrons. The minimum Gasteiger partial charge on any atom is -0.294 e. The SMILES string of the molecule is CC(C)Cc1ccc(C(=O)C2CC2)cc1. The number of carbonyl (C=O) groups is 1. The molecule has 15 heavy (non-hydrogen) atoms. The first-order valence-corrected chi connectivity index (χ1v) is 5.80. The van der Waals surface area contributed by atoms with Crippen LogP contribution in [0.4, 0.5) is 0 Å². The highest BCUT2D eigenvalue weighted by molar-refractivity contribution is 5.99. The molecule has 0 aromatic heterocycles. The van der Waals surface area contributed by atoms with E-state index in [0.29, 0.717) is 17.6 Å². The quantitative estimate of drug-likeness (QED) is 0.683. The molecule has 0 atom stereocenters. The Balaban J connectivity index is 2.06. The van der Waals surface area contributed by atoms with E-state index in [1.165, 1.54) is 5.56 Å². The fourth-order valence-corrected chi connectivity index (χ4v) is 1.86. The van der Waals surface area contributed by atoms with Crippen LogP contribution in [0.3, 0.4) is 0 Å². The maximum absolute atomic E-state index is 11.7. The van der Waals surface area contributed by atoms with Crippen molar-refractivity contribution in [3.63, 3.8) is 0 Å². The third-order valence-corrected chi connectivity index (χ3v) is 2.83. The fraction of sp³-hybridized carbons (Fsp3) is 0.500. The van der Waals surface area contributed by atoms with E-state index >= 15 is 0 Å². The molecule has 0 bridgehead atoms. The molecule has 0 unspecified atom stereocenters. The van der Waals surface area contributed by atoms with Crippen molar-refractivity contribution in [3.05, 3.63) is 35.4 Å². The molecule has 1 aliphatic rings. The molecule has 0 spiro atoms. The largest absolute Gasteiger partial charge is 0.294 e. The number of hydrogen-bond donors (Lipinski definition) is 0. The highest BCUT2D eigenvalue weighted by Crippen LogP contribution is 2.32. The maximum atomic E-state index is 11.7. The van der Waals surface area contributed by atoms with Crippen molar-refractivity contribution in [2.24, 2.45) is 11.8 Å². The molecule has 1 aromatic carbocycles. The molecule has 80 valence electrons. The Kier molecular flexibility index (Phi) is 2.90. The molecule has 0 aliphatic heterocycles. The average Bonchev–Trinajstić information content (AvgIpc) is 3.00. The highest BCUT2D eigenvalue weighted by atomic mass is 16.1. The van der Waals surface area contributed by atoms with E-state index in [1.54, 1.807) is 0 Å². The number of rotatable bonds is 4. The number of ketones is 1. The van der Waals surface area contributed by atoms with Crippen molar-refractivity contribution in [1.82, 2.24) is 0 Å². The van der Waals surface area contributed by atoms with E-state index in [-0.39, 0.29) is 0 Å². The Morgan fingerprint density at radius 1 is 1.27 bits per heavy atom. The Morgan fingerprint density at radius 2 is 1.87 bits per heavy atom. The lowest BCUT2D eigenvalue weighted by Crippen LogP contribution is -2.01. The van der Waals surface area contributed by atoms with Gasteiger partial charge in [0.25, 0.3) is 0 Å². The topological polar surface area (TPSA) is 17.1 Å². The Morgan fingerprint density at radius 3 is 2.33 bits per heavy atom. The second-order valence-corrected chi connectivity index (χ2v) is 4.93. The minimum absolute atomic E-state index is 0.334. The Hall–Kier alpha value is -1.11.